The zero-order valence-electron chi connectivity index (χ0n) is 10.6. The standard InChI is InChI=1S/C15H9BrFN3/c1-20-14-6-9(8-18)2-5-13(14)19-15(20)10-3-4-11(16)12(17)7-10/h2-7H,1H3. The Bertz CT molecular complexity index is 861. The molecule has 3 nitrogen and oxygen atoms in total. The van der Waals surface area contributed by atoms with Crippen molar-refractivity contribution in [3.8, 4) is 17.5 Å². The van der Waals surface area contributed by atoms with Crippen molar-refractivity contribution in [2.75, 3.05) is 0 Å². The summed E-state index contributed by atoms with van der Waals surface area (Å²) in [5.41, 5.74) is 2.91. The number of aryl methyl sites for hydroxylation is 1. The van der Waals surface area contributed by atoms with Crippen molar-refractivity contribution in [3.05, 3.63) is 52.3 Å². The third kappa shape index (κ3) is 1.98. The molecule has 0 fully saturated rings. The van der Waals surface area contributed by atoms with E-state index in [4.69, 9.17) is 5.26 Å². The molecule has 98 valence electrons. The molecule has 5 heteroatoms. The SMILES string of the molecule is Cn1c(-c2ccc(Br)c(F)c2)nc2ccc(C#N)cc21. The van der Waals surface area contributed by atoms with Crippen molar-refractivity contribution in [1.82, 2.24) is 9.55 Å². The molecule has 0 bridgehead atoms. The minimum Gasteiger partial charge on any atom is -0.327 e. The molecule has 0 amide bonds. The van der Waals surface area contributed by atoms with Crippen molar-refractivity contribution in [3.63, 3.8) is 0 Å². The summed E-state index contributed by atoms with van der Waals surface area (Å²) < 4.78 is 15.9. The van der Waals surface area contributed by atoms with Gasteiger partial charge in [-0.25, -0.2) is 9.37 Å². The fourth-order valence-electron chi connectivity index (χ4n) is 2.15. The fourth-order valence-corrected chi connectivity index (χ4v) is 2.40. The van der Waals surface area contributed by atoms with E-state index in [9.17, 15) is 4.39 Å². The summed E-state index contributed by atoms with van der Waals surface area (Å²) >= 11 is 3.14. The average Bonchev–Trinajstić information content (AvgIpc) is 2.79. The number of imidazole rings is 1. The summed E-state index contributed by atoms with van der Waals surface area (Å²) in [7, 11) is 1.85. The summed E-state index contributed by atoms with van der Waals surface area (Å²) in [6, 6.07) is 12.3. The molecule has 0 saturated heterocycles. The number of fused-ring (bicyclic) bond motifs is 1. The van der Waals surface area contributed by atoms with Crippen molar-refractivity contribution in [2.45, 2.75) is 0 Å². The highest BCUT2D eigenvalue weighted by molar-refractivity contribution is 9.10. The predicted octanol–water partition coefficient (Wildman–Crippen LogP) is 4.01. The van der Waals surface area contributed by atoms with E-state index in [1.807, 2.05) is 11.6 Å². The van der Waals surface area contributed by atoms with Gasteiger partial charge < -0.3 is 4.57 Å². The highest BCUT2D eigenvalue weighted by Crippen LogP contribution is 2.27. The summed E-state index contributed by atoms with van der Waals surface area (Å²) in [6.07, 6.45) is 0. The number of rotatable bonds is 1. The lowest BCUT2D eigenvalue weighted by Crippen LogP contribution is -1.93. The quantitative estimate of drug-likeness (QED) is 0.676. The molecule has 3 rings (SSSR count). The molecule has 0 atom stereocenters. The maximum Gasteiger partial charge on any atom is 0.140 e. The van der Waals surface area contributed by atoms with Crippen LogP contribution in [0.2, 0.25) is 0 Å². The lowest BCUT2D eigenvalue weighted by atomic mass is 10.2. The van der Waals surface area contributed by atoms with Gasteiger partial charge in [-0.15, -0.1) is 0 Å². The van der Waals surface area contributed by atoms with Crippen molar-refractivity contribution >= 4 is 27.0 Å². The summed E-state index contributed by atoms with van der Waals surface area (Å²) in [5, 5.41) is 8.94. The zero-order chi connectivity index (χ0) is 14.3. The molecule has 0 spiro atoms. The summed E-state index contributed by atoms with van der Waals surface area (Å²) in [6.45, 7) is 0. The molecule has 0 unspecified atom stereocenters. The van der Waals surface area contributed by atoms with E-state index in [1.165, 1.54) is 6.07 Å². The van der Waals surface area contributed by atoms with Crippen molar-refractivity contribution in [1.29, 1.82) is 5.26 Å². The Labute approximate surface area is 123 Å². The number of hydrogen-bond donors (Lipinski definition) is 0. The zero-order valence-corrected chi connectivity index (χ0v) is 12.1. The van der Waals surface area contributed by atoms with Crippen LogP contribution < -0.4 is 0 Å². The molecule has 2 aromatic carbocycles. The predicted molar refractivity (Wildman–Crippen MR) is 78.5 cm³/mol. The first-order valence-corrected chi connectivity index (χ1v) is 6.71. The lowest BCUT2D eigenvalue weighted by molar-refractivity contribution is 0.621. The second-order valence-corrected chi connectivity index (χ2v) is 5.29. The van der Waals surface area contributed by atoms with Gasteiger partial charge in [-0.3, -0.25) is 0 Å². The van der Waals surface area contributed by atoms with Gasteiger partial charge in [-0.2, -0.15) is 5.26 Å². The van der Waals surface area contributed by atoms with Gasteiger partial charge in [0.25, 0.3) is 0 Å². The Morgan fingerprint density at radius 2 is 2.05 bits per heavy atom. The van der Waals surface area contributed by atoms with E-state index in [0.717, 1.165) is 11.0 Å². The number of aromatic nitrogens is 2. The number of nitrogens with zero attached hydrogens (tertiary/aromatic N) is 3. The van der Waals surface area contributed by atoms with E-state index in [1.54, 1.807) is 30.3 Å². The number of hydrogen-bond acceptors (Lipinski definition) is 2. The highest BCUT2D eigenvalue weighted by Gasteiger charge is 2.12. The minimum absolute atomic E-state index is 0.327. The smallest absolute Gasteiger partial charge is 0.140 e. The van der Waals surface area contributed by atoms with Gasteiger partial charge in [0.05, 0.1) is 27.1 Å². The molecule has 20 heavy (non-hydrogen) atoms. The Morgan fingerprint density at radius 1 is 1.25 bits per heavy atom. The van der Waals surface area contributed by atoms with E-state index >= 15 is 0 Å². The molecule has 1 aromatic heterocycles. The van der Waals surface area contributed by atoms with Gasteiger partial charge in [0.2, 0.25) is 0 Å². The van der Waals surface area contributed by atoms with E-state index in [0.29, 0.717) is 21.4 Å². The Kier molecular flexibility index (Phi) is 3.03. The first-order chi connectivity index (χ1) is 9.60. The Hall–Kier alpha value is -2.19. The summed E-state index contributed by atoms with van der Waals surface area (Å²) in [4.78, 5) is 4.50. The monoisotopic (exact) mass is 329 g/mol. The van der Waals surface area contributed by atoms with Gasteiger partial charge >= 0.3 is 0 Å². The molecule has 0 radical (unpaired) electrons. The lowest BCUT2D eigenvalue weighted by Gasteiger charge is -2.03. The molecule has 0 N–H and O–H groups in total. The third-order valence-electron chi connectivity index (χ3n) is 3.19. The Balaban J connectivity index is 2.24. The van der Waals surface area contributed by atoms with Gasteiger partial charge in [-0.1, -0.05) is 0 Å². The summed E-state index contributed by atoms with van der Waals surface area (Å²) in [5.74, 6) is 0.341. The van der Waals surface area contributed by atoms with Gasteiger partial charge in [0.1, 0.15) is 11.6 Å². The second-order valence-electron chi connectivity index (χ2n) is 4.44. The number of nitriles is 1. The van der Waals surface area contributed by atoms with Crippen LogP contribution in [0.5, 0.6) is 0 Å². The van der Waals surface area contributed by atoms with E-state index < -0.39 is 0 Å². The molecule has 0 aliphatic carbocycles. The van der Waals surface area contributed by atoms with E-state index in [2.05, 4.69) is 27.0 Å². The molecular formula is C15H9BrFN3. The molecule has 3 aromatic rings. The molecule has 0 aliphatic heterocycles. The van der Waals surface area contributed by atoms with Crippen molar-refractivity contribution < 1.29 is 4.39 Å². The minimum atomic E-state index is -0.327. The number of halogens is 2. The molecular weight excluding hydrogens is 321 g/mol. The van der Waals surface area contributed by atoms with Crippen LogP contribution in [-0.2, 0) is 7.05 Å². The van der Waals surface area contributed by atoms with Crippen LogP contribution in [0.4, 0.5) is 4.39 Å². The van der Waals surface area contributed by atoms with Crippen LogP contribution in [0.3, 0.4) is 0 Å². The van der Waals surface area contributed by atoms with E-state index in [-0.39, 0.29) is 5.82 Å². The van der Waals surface area contributed by atoms with Gasteiger partial charge in [-0.05, 0) is 52.3 Å². The van der Waals surface area contributed by atoms with Crippen LogP contribution in [0.1, 0.15) is 5.56 Å². The number of benzene rings is 2. The molecule has 0 saturated carbocycles. The maximum atomic E-state index is 13.6. The van der Waals surface area contributed by atoms with Gasteiger partial charge in [0.15, 0.2) is 0 Å². The highest BCUT2D eigenvalue weighted by atomic mass is 79.9. The largest absolute Gasteiger partial charge is 0.327 e. The van der Waals surface area contributed by atoms with Crippen molar-refractivity contribution in [2.24, 2.45) is 7.05 Å². The average molecular weight is 330 g/mol. The Morgan fingerprint density at radius 3 is 2.75 bits per heavy atom. The van der Waals surface area contributed by atoms with Crippen LogP contribution in [-0.4, -0.2) is 9.55 Å². The fraction of sp³-hybridized carbons (Fsp3) is 0.0667. The first-order valence-electron chi connectivity index (χ1n) is 5.92. The molecule has 0 aliphatic rings. The normalized spacial score (nSPS) is 10.7. The molecule has 1 heterocycles. The third-order valence-corrected chi connectivity index (χ3v) is 3.83. The van der Waals surface area contributed by atoms with Crippen LogP contribution in [0, 0.1) is 17.1 Å². The maximum absolute atomic E-state index is 13.6. The van der Waals surface area contributed by atoms with Gasteiger partial charge in [0, 0.05) is 12.6 Å². The van der Waals surface area contributed by atoms with Crippen LogP contribution in [0.25, 0.3) is 22.4 Å². The first kappa shape index (κ1) is 12.8. The second kappa shape index (κ2) is 4.73. The topological polar surface area (TPSA) is 41.6 Å². The van der Waals surface area contributed by atoms with Crippen LogP contribution in [0.15, 0.2) is 40.9 Å². The van der Waals surface area contributed by atoms with Crippen LogP contribution >= 0.6 is 15.9 Å².